The number of nitrogens with one attached hydrogen (secondary N) is 1. The minimum absolute atomic E-state index is 0.150. The van der Waals surface area contributed by atoms with Gasteiger partial charge in [0, 0.05) is 13.2 Å². The van der Waals surface area contributed by atoms with Crippen molar-refractivity contribution >= 4 is 0 Å². The summed E-state index contributed by atoms with van der Waals surface area (Å²) in [7, 11) is 3.47. The summed E-state index contributed by atoms with van der Waals surface area (Å²) in [6, 6.07) is 8.63. The van der Waals surface area contributed by atoms with Crippen LogP contribution in [0, 0.1) is 0 Å². The van der Waals surface area contributed by atoms with Crippen molar-refractivity contribution in [2.75, 3.05) is 20.8 Å². The standard InChI is InChI=1S/C16H27NO2/c1-6-17-15(16(2,3)19-5)12-9-13-7-10-14(18-4)11-8-13/h7-8,10-11,15,17H,6,9,12H2,1-5H3. The number of likely N-dealkylation sites (N-methyl/N-ethyl adjacent to an activating group) is 1. The molecule has 0 radical (unpaired) electrons. The highest BCUT2D eigenvalue weighted by atomic mass is 16.5. The number of methoxy groups -OCH3 is 2. The average molecular weight is 265 g/mol. The first kappa shape index (κ1) is 16.0. The Bertz CT molecular complexity index is 360. The molecule has 3 nitrogen and oxygen atoms in total. The minimum Gasteiger partial charge on any atom is -0.497 e. The van der Waals surface area contributed by atoms with Crippen molar-refractivity contribution in [1.29, 1.82) is 0 Å². The molecule has 1 rings (SSSR count). The van der Waals surface area contributed by atoms with Gasteiger partial charge in [-0.1, -0.05) is 19.1 Å². The van der Waals surface area contributed by atoms with Gasteiger partial charge in [-0.05, 0) is 50.9 Å². The molecule has 0 saturated heterocycles. The molecule has 0 saturated carbocycles. The van der Waals surface area contributed by atoms with Gasteiger partial charge in [0.05, 0.1) is 12.7 Å². The van der Waals surface area contributed by atoms with Crippen molar-refractivity contribution in [3.8, 4) is 5.75 Å². The van der Waals surface area contributed by atoms with Gasteiger partial charge < -0.3 is 14.8 Å². The van der Waals surface area contributed by atoms with Crippen LogP contribution >= 0.6 is 0 Å². The summed E-state index contributed by atoms with van der Waals surface area (Å²) in [6.07, 6.45) is 2.09. The van der Waals surface area contributed by atoms with Crippen LogP contribution in [0.3, 0.4) is 0 Å². The van der Waals surface area contributed by atoms with Gasteiger partial charge in [-0.15, -0.1) is 0 Å². The zero-order chi connectivity index (χ0) is 14.3. The van der Waals surface area contributed by atoms with Crippen LogP contribution < -0.4 is 10.1 Å². The number of benzene rings is 1. The first-order chi connectivity index (χ1) is 9.03. The van der Waals surface area contributed by atoms with Gasteiger partial charge in [0.2, 0.25) is 0 Å². The van der Waals surface area contributed by atoms with E-state index in [2.05, 4.69) is 38.2 Å². The lowest BCUT2D eigenvalue weighted by atomic mass is 9.92. The fourth-order valence-electron chi connectivity index (χ4n) is 2.19. The van der Waals surface area contributed by atoms with Gasteiger partial charge in [-0.3, -0.25) is 0 Å². The second kappa shape index (κ2) is 7.51. The Labute approximate surface area is 117 Å². The first-order valence-electron chi connectivity index (χ1n) is 6.95. The highest BCUT2D eigenvalue weighted by Gasteiger charge is 2.27. The van der Waals surface area contributed by atoms with Crippen molar-refractivity contribution in [3.63, 3.8) is 0 Å². The summed E-state index contributed by atoms with van der Waals surface area (Å²) in [6.45, 7) is 7.36. The Morgan fingerprint density at radius 2 is 1.79 bits per heavy atom. The molecule has 0 spiro atoms. The van der Waals surface area contributed by atoms with E-state index in [1.165, 1.54) is 5.56 Å². The predicted octanol–water partition coefficient (Wildman–Crippen LogP) is 3.03. The normalized spacial score (nSPS) is 13.3. The monoisotopic (exact) mass is 265 g/mol. The quantitative estimate of drug-likeness (QED) is 0.783. The van der Waals surface area contributed by atoms with Gasteiger partial charge in [-0.25, -0.2) is 0 Å². The Hall–Kier alpha value is -1.06. The Kier molecular flexibility index (Phi) is 6.32. The molecule has 1 aromatic carbocycles. The summed E-state index contributed by atoms with van der Waals surface area (Å²) in [5.41, 5.74) is 1.18. The summed E-state index contributed by atoms with van der Waals surface area (Å²) < 4.78 is 10.8. The largest absolute Gasteiger partial charge is 0.497 e. The molecule has 0 bridgehead atoms. The SMILES string of the molecule is CCNC(CCc1ccc(OC)cc1)C(C)(C)OC. The fraction of sp³-hybridized carbons (Fsp3) is 0.625. The molecule has 0 aromatic heterocycles. The molecule has 19 heavy (non-hydrogen) atoms. The minimum atomic E-state index is -0.150. The maximum absolute atomic E-state index is 5.59. The van der Waals surface area contributed by atoms with Crippen LogP contribution in [-0.2, 0) is 11.2 Å². The zero-order valence-electron chi connectivity index (χ0n) is 12.8. The van der Waals surface area contributed by atoms with Crippen molar-refractivity contribution in [1.82, 2.24) is 5.32 Å². The summed E-state index contributed by atoms with van der Waals surface area (Å²) >= 11 is 0. The Morgan fingerprint density at radius 3 is 2.26 bits per heavy atom. The smallest absolute Gasteiger partial charge is 0.118 e. The molecule has 0 amide bonds. The third kappa shape index (κ3) is 4.84. The molecular weight excluding hydrogens is 238 g/mol. The van der Waals surface area contributed by atoms with E-state index in [-0.39, 0.29) is 5.60 Å². The predicted molar refractivity (Wildman–Crippen MR) is 79.9 cm³/mol. The van der Waals surface area contributed by atoms with Crippen LogP contribution in [0.1, 0.15) is 32.8 Å². The Balaban J connectivity index is 2.60. The third-order valence-electron chi connectivity index (χ3n) is 3.70. The molecule has 1 N–H and O–H groups in total. The van der Waals surface area contributed by atoms with E-state index < -0.39 is 0 Å². The van der Waals surface area contributed by atoms with E-state index in [0.29, 0.717) is 6.04 Å². The molecule has 0 fully saturated rings. The van der Waals surface area contributed by atoms with Crippen LogP contribution in [0.25, 0.3) is 0 Å². The number of hydrogen-bond donors (Lipinski definition) is 1. The van der Waals surface area contributed by atoms with Crippen molar-refractivity contribution in [2.24, 2.45) is 0 Å². The second-order valence-electron chi connectivity index (χ2n) is 5.30. The van der Waals surface area contributed by atoms with E-state index >= 15 is 0 Å². The maximum atomic E-state index is 5.59. The van der Waals surface area contributed by atoms with E-state index in [4.69, 9.17) is 9.47 Å². The second-order valence-corrected chi connectivity index (χ2v) is 5.30. The number of rotatable bonds is 8. The lowest BCUT2D eigenvalue weighted by Crippen LogP contribution is -2.48. The van der Waals surface area contributed by atoms with E-state index in [0.717, 1.165) is 25.1 Å². The fourth-order valence-corrected chi connectivity index (χ4v) is 2.19. The molecule has 3 heteroatoms. The Morgan fingerprint density at radius 1 is 1.16 bits per heavy atom. The molecule has 1 aromatic rings. The highest BCUT2D eigenvalue weighted by molar-refractivity contribution is 5.27. The maximum Gasteiger partial charge on any atom is 0.118 e. The molecule has 0 aliphatic heterocycles. The molecular formula is C16H27NO2. The third-order valence-corrected chi connectivity index (χ3v) is 3.70. The van der Waals surface area contributed by atoms with Gasteiger partial charge in [0.25, 0.3) is 0 Å². The van der Waals surface area contributed by atoms with Crippen molar-refractivity contribution in [3.05, 3.63) is 29.8 Å². The lowest BCUT2D eigenvalue weighted by Gasteiger charge is -2.33. The van der Waals surface area contributed by atoms with Gasteiger partial charge in [0.15, 0.2) is 0 Å². The molecule has 108 valence electrons. The molecule has 0 heterocycles. The highest BCUT2D eigenvalue weighted by Crippen LogP contribution is 2.20. The first-order valence-corrected chi connectivity index (χ1v) is 6.95. The molecule has 0 aliphatic carbocycles. The number of hydrogen-bond acceptors (Lipinski definition) is 3. The van der Waals surface area contributed by atoms with Gasteiger partial charge >= 0.3 is 0 Å². The van der Waals surface area contributed by atoms with E-state index in [1.807, 2.05) is 12.1 Å². The van der Waals surface area contributed by atoms with E-state index in [9.17, 15) is 0 Å². The lowest BCUT2D eigenvalue weighted by molar-refractivity contribution is -0.0119. The number of ether oxygens (including phenoxy) is 2. The van der Waals surface area contributed by atoms with Gasteiger partial charge in [-0.2, -0.15) is 0 Å². The van der Waals surface area contributed by atoms with Crippen molar-refractivity contribution in [2.45, 2.75) is 45.3 Å². The van der Waals surface area contributed by atoms with Crippen LogP contribution in [-0.4, -0.2) is 32.4 Å². The molecule has 1 unspecified atom stereocenters. The summed E-state index contributed by atoms with van der Waals surface area (Å²) in [4.78, 5) is 0. The summed E-state index contributed by atoms with van der Waals surface area (Å²) in [5, 5.41) is 3.52. The van der Waals surface area contributed by atoms with Crippen LogP contribution in [0.5, 0.6) is 5.75 Å². The average Bonchev–Trinajstić information content (AvgIpc) is 2.43. The number of aryl methyl sites for hydroxylation is 1. The van der Waals surface area contributed by atoms with Gasteiger partial charge in [0.1, 0.15) is 5.75 Å². The molecule has 0 aliphatic rings. The van der Waals surface area contributed by atoms with Crippen molar-refractivity contribution < 1.29 is 9.47 Å². The molecule has 1 atom stereocenters. The summed E-state index contributed by atoms with van der Waals surface area (Å²) in [5.74, 6) is 0.907. The van der Waals surface area contributed by atoms with E-state index in [1.54, 1.807) is 14.2 Å². The van der Waals surface area contributed by atoms with Crippen LogP contribution in [0.4, 0.5) is 0 Å². The van der Waals surface area contributed by atoms with Crippen LogP contribution in [0.15, 0.2) is 24.3 Å². The van der Waals surface area contributed by atoms with Crippen LogP contribution in [0.2, 0.25) is 0 Å². The topological polar surface area (TPSA) is 30.5 Å². The zero-order valence-corrected chi connectivity index (χ0v) is 12.8.